The van der Waals surface area contributed by atoms with Gasteiger partial charge in [-0.05, 0) is 50.7 Å². The minimum absolute atomic E-state index is 0.187. The highest BCUT2D eigenvalue weighted by molar-refractivity contribution is 6.33. The zero-order valence-corrected chi connectivity index (χ0v) is 22.4. The lowest BCUT2D eigenvalue weighted by atomic mass is 9.93. The standard InChI is InChI=1S/C28H39ClN4O4/c1-20-27(36)31-28-30-23-14-15-24(26(29)22(23)19-33(20)28)37-18-10-3-2-7-13-25(35)32(16-8-9-17-34)21-11-5-4-6-12-21/h14-15,21,34H,1-13,16-19H2,(H,30,31,36). The van der Waals surface area contributed by atoms with E-state index in [0.717, 1.165) is 69.2 Å². The van der Waals surface area contributed by atoms with Gasteiger partial charge in [0.1, 0.15) is 11.1 Å². The number of aromatic amines is 1. The molecule has 202 valence electrons. The highest BCUT2D eigenvalue weighted by atomic mass is 35.5. The van der Waals surface area contributed by atoms with Crippen LogP contribution in [0.1, 0.15) is 82.6 Å². The molecule has 0 saturated heterocycles. The lowest BCUT2D eigenvalue weighted by Crippen LogP contribution is -2.42. The summed E-state index contributed by atoms with van der Waals surface area (Å²) in [6.45, 7) is 5.74. The van der Waals surface area contributed by atoms with E-state index in [9.17, 15) is 9.59 Å². The molecular formula is C28H39ClN4O4. The van der Waals surface area contributed by atoms with Crippen molar-refractivity contribution in [2.24, 2.45) is 4.99 Å². The monoisotopic (exact) mass is 530 g/mol. The average molecular weight is 531 g/mol. The normalized spacial score (nSPS) is 15.1. The van der Waals surface area contributed by atoms with Gasteiger partial charge in [0.2, 0.25) is 11.5 Å². The molecule has 9 heteroatoms. The van der Waals surface area contributed by atoms with E-state index in [1.54, 1.807) is 4.57 Å². The van der Waals surface area contributed by atoms with Crippen LogP contribution in [0.25, 0.3) is 6.58 Å². The number of imidazole rings is 1. The zero-order chi connectivity index (χ0) is 26.2. The molecule has 0 atom stereocenters. The molecule has 1 amide bonds. The van der Waals surface area contributed by atoms with E-state index in [-0.39, 0.29) is 18.1 Å². The lowest BCUT2D eigenvalue weighted by Gasteiger charge is -2.34. The Hall–Kier alpha value is -2.58. The minimum atomic E-state index is -0.246. The molecule has 1 saturated carbocycles. The van der Waals surface area contributed by atoms with Crippen LogP contribution in [0.2, 0.25) is 5.02 Å². The molecule has 2 aromatic rings. The van der Waals surface area contributed by atoms with Crippen LogP contribution in [-0.4, -0.2) is 51.3 Å². The fraction of sp³-hybridized carbons (Fsp3) is 0.607. The SMILES string of the molecule is C=c1c(=O)[nH]c2n1Cc1c(ccc(OCCCCCCC(=O)N(CCCCO)C3CCCCC3)c1Cl)N=2. The Morgan fingerprint density at radius 2 is 1.95 bits per heavy atom. The topological polar surface area (TPSA) is 99.9 Å². The maximum atomic E-state index is 13.0. The fourth-order valence-electron chi connectivity index (χ4n) is 5.33. The first-order valence-corrected chi connectivity index (χ1v) is 14.1. The maximum absolute atomic E-state index is 13.0. The number of fused-ring (bicyclic) bond motifs is 2. The maximum Gasteiger partial charge on any atom is 0.274 e. The van der Waals surface area contributed by atoms with Crippen LogP contribution in [0.15, 0.2) is 21.9 Å². The number of aliphatic hydroxyl groups excluding tert-OH is 1. The molecule has 0 spiro atoms. The van der Waals surface area contributed by atoms with Gasteiger partial charge in [-0.25, -0.2) is 4.99 Å². The van der Waals surface area contributed by atoms with E-state index in [1.165, 1.54) is 19.3 Å². The van der Waals surface area contributed by atoms with Crippen LogP contribution in [0, 0.1) is 0 Å². The molecule has 4 rings (SSSR count). The van der Waals surface area contributed by atoms with Gasteiger partial charge in [-0.1, -0.05) is 50.3 Å². The van der Waals surface area contributed by atoms with Crippen LogP contribution in [0.5, 0.6) is 5.75 Å². The largest absolute Gasteiger partial charge is 0.492 e. The molecule has 1 aromatic carbocycles. The lowest BCUT2D eigenvalue weighted by molar-refractivity contribution is -0.134. The number of unbranched alkanes of at least 4 members (excludes halogenated alkanes) is 4. The van der Waals surface area contributed by atoms with E-state index in [1.807, 2.05) is 12.1 Å². The van der Waals surface area contributed by atoms with Gasteiger partial charge in [0.15, 0.2) is 0 Å². The first kappa shape index (κ1) is 27.5. The molecule has 2 heterocycles. The molecule has 0 radical (unpaired) electrons. The number of amides is 1. The fourth-order valence-corrected chi connectivity index (χ4v) is 5.61. The number of aliphatic hydroxyl groups is 1. The van der Waals surface area contributed by atoms with Crippen LogP contribution in [0.3, 0.4) is 0 Å². The molecule has 1 fully saturated rings. The van der Waals surface area contributed by atoms with Gasteiger partial charge in [0, 0.05) is 31.2 Å². The number of nitrogens with zero attached hydrogens (tertiary/aromatic N) is 3. The van der Waals surface area contributed by atoms with Gasteiger partial charge in [-0.15, -0.1) is 0 Å². The van der Waals surface area contributed by atoms with Crippen molar-refractivity contribution in [3.05, 3.63) is 44.0 Å². The Bertz CT molecular complexity index is 1230. The van der Waals surface area contributed by atoms with E-state index in [0.29, 0.717) is 47.4 Å². The van der Waals surface area contributed by atoms with E-state index >= 15 is 0 Å². The second kappa shape index (κ2) is 13.3. The highest BCUT2D eigenvalue weighted by Crippen LogP contribution is 2.36. The quantitative estimate of drug-likeness (QED) is 0.328. The Labute approximate surface area is 223 Å². The molecule has 8 nitrogen and oxygen atoms in total. The van der Waals surface area contributed by atoms with Gasteiger partial charge < -0.3 is 19.3 Å². The van der Waals surface area contributed by atoms with Crippen LogP contribution >= 0.6 is 11.6 Å². The number of aromatic nitrogens is 2. The molecule has 37 heavy (non-hydrogen) atoms. The molecule has 1 aromatic heterocycles. The number of rotatable bonds is 13. The van der Waals surface area contributed by atoms with Crippen molar-refractivity contribution in [3.8, 4) is 5.75 Å². The summed E-state index contributed by atoms with van der Waals surface area (Å²) in [5, 5.41) is 9.99. The number of carbonyl (C=O) groups excluding carboxylic acids is 1. The van der Waals surface area contributed by atoms with Crippen molar-refractivity contribution >= 4 is 29.8 Å². The molecule has 1 aliphatic heterocycles. The van der Waals surface area contributed by atoms with Crippen LogP contribution < -0.4 is 21.3 Å². The molecule has 2 N–H and O–H groups in total. The third-order valence-electron chi connectivity index (χ3n) is 7.48. The van der Waals surface area contributed by atoms with Gasteiger partial charge in [0.25, 0.3) is 5.56 Å². The third-order valence-corrected chi connectivity index (χ3v) is 7.89. The number of benzene rings is 1. The van der Waals surface area contributed by atoms with E-state index in [2.05, 4.69) is 21.5 Å². The van der Waals surface area contributed by atoms with Gasteiger partial charge >= 0.3 is 0 Å². The number of hydrogen-bond acceptors (Lipinski definition) is 5. The third kappa shape index (κ3) is 6.85. The molecule has 1 aliphatic carbocycles. The molecular weight excluding hydrogens is 492 g/mol. The first-order valence-electron chi connectivity index (χ1n) is 13.7. The average Bonchev–Trinajstić information content (AvgIpc) is 3.19. The summed E-state index contributed by atoms with van der Waals surface area (Å²) in [5.41, 5.74) is 1.78. The summed E-state index contributed by atoms with van der Waals surface area (Å²) >= 11 is 6.63. The van der Waals surface area contributed by atoms with E-state index in [4.69, 9.17) is 21.4 Å². The van der Waals surface area contributed by atoms with Crippen molar-refractivity contribution in [1.82, 2.24) is 14.5 Å². The van der Waals surface area contributed by atoms with Crippen molar-refractivity contribution in [1.29, 1.82) is 0 Å². The summed E-state index contributed by atoms with van der Waals surface area (Å²) in [4.78, 5) is 34.1. The summed E-state index contributed by atoms with van der Waals surface area (Å²) in [6, 6.07) is 4.06. The van der Waals surface area contributed by atoms with Crippen molar-refractivity contribution in [2.45, 2.75) is 89.6 Å². The Morgan fingerprint density at radius 3 is 2.73 bits per heavy atom. The van der Waals surface area contributed by atoms with E-state index < -0.39 is 0 Å². The number of halogens is 1. The molecule has 0 unspecified atom stereocenters. The number of hydrogen-bond donors (Lipinski definition) is 2. The summed E-state index contributed by atoms with van der Waals surface area (Å²) in [6.07, 6.45) is 11.9. The Kier molecular flexibility index (Phi) is 9.86. The van der Waals surface area contributed by atoms with Crippen molar-refractivity contribution in [3.63, 3.8) is 0 Å². The second-order valence-corrected chi connectivity index (χ2v) is 10.5. The Balaban J connectivity index is 1.19. The van der Waals surface area contributed by atoms with Gasteiger partial charge in [0.05, 0.1) is 23.9 Å². The molecule has 0 bridgehead atoms. The number of ether oxygens (including phenoxy) is 1. The zero-order valence-electron chi connectivity index (χ0n) is 21.6. The predicted octanol–water partition coefficient (Wildman–Crippen LogP) is 3.82. The number of carbonyl (C=O) groups is 1. The first-order chi connectivity index (χ1) is 18.0. The van der Waals surface area contributed by atoms with Crippen LogP contribution in [0.4, 0.5) is 5.69 Å². The van der Waals surface area contributed by atoms with Crippen LogP contribution in [-0.2, 0) is 11.3 Å². The molecule has 2 aliphatic rings. The second-order valence-electron chi connectivity index (χ2n) is 10.1. The highest BCUT2D eigenvalue weighted by Gasteiger charge is 2.24. The van der Waals surface area contributed by atoms with Gasteiger partial charge in [-0.2, -0.15) is 0 Å². The summed E-state index contributed by atoms with van der Waals surface area (Å²) < 4.78 is 7.69. The van der Waals surface area contributed by atoms with Crippen molar-refractivity contribution in [2.75, 3.05) is 19.8 Å². The number of nitrogens with one attached hydrogen (secondary N) is 1. The number of H-pyrrole nitrogens is 1. The van der Waals surface area contributed by atoms with Gasteiger partial charge in [-0.3, -0.25) is 14.6 Å². The summed E-state index contributed by atoms with van der Waals surface area (Å²) in [7, 11) is 0. The summed E-state index contributed by atoms with van der Waals surface area (Å²) in [5.74, 6) is 0.884. The van der Waals surface area contributed by atoms with Crippen molar-refractivity contribution < 1.29 is 14.6 Å². The minimum Gasteiger partial charge on any atom is -0.492 e. The Morgan fingerprint density at radius 1 is 1.16 bits per heavy atom. The predicted molar refractivity (Wildman–Crippen MR) is 145 cm³/mol. The smallest absolute Gasteiger partial charge is 0.274 e.